The number of hydrogen-bond donors (Lipinski definition) is 0. The quantitative estimate of drug-likeness (QED) is 0.0263. The van der Waals surface area contributed by atoms with Crippen molar-refractivity contribution in [2.24, 2.45) is 0 Å². The molecule has 350 valence electrons. The second-order valence-electron chi connectivity index (χ2n) is 16.7. The van der Waals surface area contributed by atoms with Crippen LogP contribution in [0.25, 0.3) is 0 Å². The van der Waals surface area contributed by atoms with E-state index in [0.29, 0.717) is 19.3 Å². The lowest BCUT2D eigenvalue weighted by molar-refractivity contribution is -0.166. The molecule has 0 aliphatic rings. The third kappa shape index (κ3) is 47.7. The van der Waals surface area contributed by atoms with Crippen molar-refractivity contribution in [3.8, 4) is 0 Å². The highest BCUT2D eigenvalue weighted by Gasteiger charge is 2.19. The summed E-state index contributed by atoms with van der Waals surface area (Å²) in [6.07, 6.45) is 61.9. The summed E-state index contributed by atoms with van der Waals surface area (Å²) >= 11 is 0. The van der Waals surface area contributed by atoms with Gasteiger partial charge in [-0.25, -0.2) is 0 Å². The predicted molar refractivity (Wildman–Crippen MR) is 261 cm³/mol. The summed E-state index contributed by atoms with van der Waals surface area (Å²) in [5, 5.41) is 0. The van der Waals surface area contributed by atoms with Crippen molar-refractivity contribution in [1.82, 2.24) is 0 Å². The van der Waals surface area contributed by atoms with Crippen LogP contribution < -0.4 is 0 Å². The van der Waals surface area contributed by atoms with E-state index >= 15 is 0 Å². The average Bonchev–Trinajstić information content (AvgIpc) is 3.26. The van der Waals surface area contributed by atoms with Gasteiger partial charge in [-0.15, -0.1) is 0 Å². The molecule has 0 aliphatic heterocycles. The molecule has 0 N–H and O–H groups in total. The molecule has 0 radical (unpaired) electrons. The van der Waals surface area contributed by atoms with Gasteiger partial charge in [-0.3, -0.25) is 14.4 Å². The van der Waals surface area contributed by atoms with E-state index in [1.165, 1.54) is 116 Å². The highest BCUT2D eigenvalue weighted by atomic mass is 16.6. The zero-order valence-corrected chi connectivity index (χ0v) is 39.9. The number of esters is 3. The summed E-state index contributed by atoms with van der Waals surface area (Å²) in [7, 11) is 0. The Balaban J connectivity index is 4.40. The largest absolute Gasteiger partial charge is 0.462 e. The highest BCUT2D eigenvalue weighted by Crippen LogP contribution is 2.15. The lowest BCUT2D eigenvalue weighted by atomic mass is 10.0. The minimum absolute atomic E-state index is 0.0962. The van der Waals surface area contributed by atoms with Crippen LogP contribution in [0.1, 0.15) is 239 Å². The molecular weight excluding hydrogens is 757 g/mol. The summed E-state index contributed by atoms with van der Waals surface area (Å²) < 4.78 is 16.7. The fourth-order valence-corrected chi connectivity index (χ4v) is 6.94. The molecule has 1 atom stereocenters. The fraction of sp³-hybridized carbons (Fsp3) is 0.727. The van der Waals surface area contributed by atoms with Crippen molar-refractivity contribution in [3.63, 3.8) is 0 Å². The molecule has 0 aromatic carbocycles. The maximum absolute atomic E-state index is 12.8. The van der Waals surface area contributed by atoms with Gasteiger partial charge in [0.2, 0.25) is 0 Å². The lowest BCUT2D eigenvalue weighted by Crippen LogP contribution is -2.30. The maximum Gasteiger partial charge on any atom is 0.306 e. The normalized spacial score (nSPS) is 12.6. The summed E-state index contributed by atoms with van der Waals surface area (Å²) in [6, 6.07) is 0. The molecule has 1 unspecified atom stereocenters. The van der Waals surface area contributed by atoms with Crippen LogP contribution in [-0.4, -0.2) is 37.2 Å². The molecule has 0 rings (SSSR count). The Hall–Kier alpha value is -3.15. The van der Waals surface area contributed by atoms with Gasteiger partial charge in [0.25, 0.3) is 0 Å². The Morgan fingerprint density at radius 1 is 0.344 bits per heavy atom. The molecule has 0 spiro atoms. The van der Waals surface area contributed by atoms with Crippen LogP contribution in [0, 0.1) is 0 Å². The van der Waals surface area contributed by atoms with Gasteiger partial charge in [0.05, 0.1) is 0 Å². The Bertz CT molecular complexity index is 1160. The van der Waals surface area contributed by atoms with E-state index in [-0.39, 0.29) is 37.5 Å². The zero-order chi connectivity index (χ0) is 44.4. The first-order valence-corrected chi connectivity index (χ1v) is 25.4. The van der Waals surface area contributed by atoms with Crippen molar-refractivity contribution < 1.29 is 28.6 Å². The molecule has 6 heteroatoms. The number of unbranched alkanes of at least 4 members (excludes halogenated alkanes) is 22. The summed E-state index contributed by atoms with van der Waals surface area (Å²) in [5.41, 5.74) is 0. The molecule has 0 heterocycles. The highest BCUT2D eigenvalue weighted by molar-refractivity contribution is 5.71. The van der Waals surface area contributed by atoms with Gasteiger partial charge in [-0.1, -0.05) is 235 Å². The molecule has 0 aromatic heterocycles. The smallest absolute Gasteiger partial charge is 0.306 e. The summed E-state index contributed by atoms with van der Waals surface area (Å²) in [4.78, 5) is 37.8. The molecule has 0 aliphatic carbocycles. The lowest BCUT2D eigenvalue weighted by Gasteiger charge is -2.18. The van der Waals surface area contributed by atoms with E-state index in [1.54, 1.807) is 0 Å². The molecule has 0 aromatic rings. The van der Waals surface area contributed by atoms with E-state index in [4.69, 9.17) is 14.2 Å². The SMILES string of the molecule is CC/C=C\C/C=C\C/C=C\C/C=C\C/C=C\C/C=C\CCC(=O)OCC(COC(=O)CCCCCCCCCC)OC(=O)CCCCCCCCCCCCCCCCCC. The van der Waals surface area contributed by atoms with Crippen LogP contribution in [0.15, 0.2) is 72.9 Å². The van der Waals surface area contributed by atoms with Crippen molar-refractivity contribution >= 4 is 17.9 Å². The molecule has 0 fully saturated rings. The van der Waals surface area contributed by atoms with E-state index < -0.39 is 6.10 Å². The van der Waals surface area contributed by atoms with Crippen molar-refractivity contribution in [2.45, 2.75) is 245 Å². The van der Waals surface area contributed by atoms with E-state index in [0.717, 1.165) is 77.0 Å². The topological polar surface area (TPSA) is 78.9 Å². The fourth-order valence-electron chi connectivity index (χ4n) is 6.94. The number of ether oxygens (including phenoxy) is 3. The zero-order valence-electron chi connectivity index (χ0n) is 39.9. The number of carbonyl (C=O) groups is 3. The van der Waals surface area contributed by atoms with Crippen LogP contribution in [-0.2, 0) is 28.6 Å². The first-order chi connectivity index (χ1) is 30.0. The first kappa shape index (κ1) is 57.9. The molecule has 0 saturated heterocycles. The molecule has 61 heavy (non-hydrogen) atoms. The number of carbonyl (C=O) groups excluding carboxylic acids is 3. The standard InChI is InChI=1S/C55H94O6/c1-4-7-10-13-16-19-21-23-25-27-28-29-31-32-34-36-39-42-45-48-54(57)60-51-52(50-59-53(56)47-44-41-38-18-15-12-9-6-3)61-55(58)49-46-43-40-37-35-33-30-26-24-22-20-17-14-11-8-5-2/h7,10,16,19,23,25,28-29,32,34,39,42,52H,4-6,8-9,11-15,17-18,20-22,24,26-27,30-31,33,35-38,40-41,43-51H2,1-3H3/b10-7-,19-16-,25-23-,29-28-,34-32-,42-39-. The summed E-state index contributed by atoms with van der Waals surface area (Å²) in [5.74, 6) is -0.985. The number of allylic oxidation sites excluding steroid dienone is 12. The Labute approximate surface area is 376 Å². The molecule has 0 saturated carbocycles. The van der Waals surface area contributed by atoms with E-state index in [9.17, 15) is 14.4 Å². The average molecular weight is 851 g/mol. The minimum Gasteiger partial charge on any atom is -0.462 e. The van der Waals surface area contributed by atoms with Gasteiger partial charge in [0.15, 0.2) is 6.10 Å². The van der Waals surface area contributed by atoms with Gasteiger partial charge in [-0.2, -0.15) is 0 Å². The van der Waals surface area contributed by atoms with Gasteiger partial charge in [0.1, 0.15) is 13.2 Å². The monoisotopic (exact) mass is 851 g/mol. The Morgan fingerprint density at radius 3 is 1.00 bits per heavy atom. The van der Waals surface area contributed by atoms with E-state index in [1.807, 2.05) is 6.08 Å². The Morgan fingerprint density at radius 2 is 0.639 bits per heavy atom. The molecule has 0 bridgehead atoms. The van der Waals surface area contributed by atoms with Gasteiger partial charge < -0.3 is 14.2 Å². The van der Waals surface area contributed by atoms with Gasteiger partial charge in [-0.05, 0) is 57.8 Å². The number of hydrogen-bond acceptors (Lipinski definition) is 6. The van der Waals surface area contributed by atoms with Crippen molar-refractivity contribution in [1.29, 1.82) is 0 Å². The van der Waals surface area contributed by atoms with Crippen molar-refractivity contribution in [3.05, 3.63) is 72.9 Å². The second kappa shape index (κ2) is 49.5. The molecule has 6 nitrogen and oxygen atoms in total. The first-order valence-electron chi connectivity index (χ1n) is 25.4. The molecular formula is C55H94O6. The molecule has 0 amide bonds. The van der Waals surface area contributed by atoms with Crippen LogP contribution in [0.2, 0.25) is 0 Å². The van der Waals surface area contributed by atoms with Crippen molar-refractivity contribution in [2.75, 3.05) is 13.2 Å². The minimum atomic E-state index is -0.800. The van der Waals surface area contributed by atoms with Crippen LogP contribution in [0.3, 0.4) is 0 Å². The van der Waals surface area contributed by atoms with Crippen LogP contribution >= 0.6 is 0 Å². The maximum atomic E-state index is 12.8. The van der Waals surface area contributed by atoms with Crippen LogP contribution in [0.4, 0.5) is 0 Å². The number of rotatable bonds is 45. The second-order valence-corrected chi connectivity index (χ2v) is 16.7. The third-order valence-electron chi connectivity index (χ3n) is 10.7. The van der Waals surface area contributed by atoms with Gasteiger partial charge in [0, 0.05) is 19.3 Å². The summed E-state index contributed by atoms with van der Waals surface area (Å²) in [6.45, 7) is 6.43. The predicted octanol–water partition coefficient (Wildman–Crippen LogP) is 16.6. The van der Waals surface area contributed by atoms with Crippen LogP contribution in [0.5, 0.6) is 0 Å². The Kier molecular flexibility index (Phi) is 46.9. The third-order valence-corrected chi connectivity index (χ3v) is 10.7. The van der Waals surface area contributed by atoms with E-state index in [2.05, 4.69) is 87.6 Å². The van der Waals surface area contributed by atoms with Gasteiger partial charge >= 0.3 is 17.9 Å².